The van der Waals surface area contributed by atoms with Gasteiger partial charge in [-0.25, -0.2) is 14.2 Å². The maximum Gasteiger partial charge on any atom is 0.355 e. The van der Waals surface area contributed by atoms with Crippen molar-refractivity contribution < 1.29 is 19.1 Å². The summed E-state index contributed by atoms with van der Waals surface area (Å²) in [6.45, 7) is 0. The van der Waals surface area contributed by atoms with E-state index in [2.05, 4.69) is 10.3 Å². The smallest absolute Gasteiger partial charge is 0.355 e. The van der Waals surface area contributed by atoms with E-state index in [9.17, 15) is 14.0 Å². The number of carboxylic acids is 1. The van der Waals surface area contributed by atoms with Gasteiger partial charge in [0.1, 0.15) is 5.82 Å². The summed E-state index contributed by atoms with van der Waals surface area (Å²) in [6, 6.07) is 5.35. The fourth-order valence-electron chi connectivity index (χ4n) is 1.34. The number of nitriles is 1. The van der Waals surface area contributed by atoms with E-state index in [1.165, 1.54) is 17.5 Å². The van der Waals surface area contributed by atoms with E-state index in [1.807, 2.05) is 0 Å². The third kappa shape index (κ3) is 2.78. The first-order chi connectivity index (χ1) is 9.51. The number of amides is 1. The van der Waals surface area contributed by atoms with Gasteiger partial charge in [-0.15, -0.1) is 11.3 Å². The van der Waals surface area contributed by atoms with Gasteiger partial charge in [0.05, 0.1) is 17.3 Å². The highest BCUT2D eigenvalue weighted by Crippen LogP contribution is 2.18. The molecule has 1 aromatic heterocycles. The molecule has 0 bridgehead atoms. The third-order valence-electron chi connectivity index (χ3n) is 2.26. The number of carbonyl (C=O) groups excluding carboxylic acids is 1. The summed E-state index contributed by atoms with van der Waals surface area (Å²) in [5.74, 6) is -2.72. The van der Waals surface area contributed by atoms with E-state index in [0.717, 1.165) is 17.4 Å². The van der Waals surface area contributed by atoms with Crippen LogP contribution in [0.2, 0.25) is 0 Å². The van der Waals surface area contributed by atoms with Crippen molar-refractivity contribution in [2.45, 2.75) is 0 Å². The predicted molar refractivity (Wildman–Crippen MR) is 68.1 cm³/mol. The molecule has 0 fully saturated rings. The lowest BCUT2D eigenvalue weighted by atomic mass is 10.2. The number of hydrogen-bond acceptors (Lipinski definition) is 5. The number of halogens is 1. The Morgan fingerprint density at radius 2 is 2.20 bits per heavy atom. The molecular weight excluding hydrogens is 285 g/mol. The van der Waals surface area contributed by atoms with Crippen LogP contribution in [-0.4, -0.2) is 22.0 Å². The second kappa shape index (κ2) is 5.46. The summed E-state index contributed by atoms with van der Waals surface area (Å²) in [5, 5.41) is 20.7. The molecule has 2 rings (SSSR count). The molecule has 0 spiro atoms. The number of hydrogen-bond donors (Lipinski definition) is 2. The Morgan fingerprint density at radius 1 is 1.45 bits per heavy atom. The number of benzene rings is 1. The van der Waals surface area contributed by atoms with Crippen LogP contribution in [0.3, 0.4) is 0 Å². The third-order valence-corrected chi connectivity index (χ3v) is 3.10. The minimum absolute atomic E-state index is 0.0915. The van der Waals surface area contributed by atoms with Gasteiger partial charge in [0.2, 0.25) is 0 Å². The Bertz CT molecular complexity index is 736. The molecule has 0 atom stereocenters. The van der Waals surface area contributed by atoms with E-state index in [0.29, 0.717) is 0 Å². The van der Waals surface area contributed by atoms with Crippen molar-refractivity contribution in [1.82, 2.24) is 4.98 Å². The summed E-state index contributed by atoms with van der Waals surface area (Å²) in [6.07, 6.45) is 0. The largest absolute Gasteiger partial charge is 0.476 e. The van der Waals surface area contributed by atoms with Crippen LogP contribution in [0.1, 0.15) is 25.9 Å². The van der Waals surface area contributed by atoms with Gasteiger partial charge in [0, 0.05) is 5.38 Å². The van der Waals surface area contributed by atoms with Crippen LogP contribution in [0.25, 0.3) is 0 Å². The van der Waals surface area contributed by atoms with Crippen LogP contribution in [0.4, 0.5) is 10.1 Å². The Kier molecular flexibility index (Phi) is 3.72. The Hall–Kier alpha value is -2.79. The van der Waals surface area contributed by atoms with E-state index in [4.69, 9.17) is 10.4 Å². The van der Waals surface area contributed by atoms with Crippen LogP contribution >= 0.6 is 11.3 Å². The average molecular weight is 291 g/mol. The number of thiazole rings is 1. The van der Waals surface area contributed by atoms with Crippen molar-refractivity contribution in [1.29, 1.82) is 5.26 Å². The Labute approximate surface area is 116 Å². The van der Waals surface area contributed by atoms with Crippen LogP contribution in [-0.2, 0) is 0 Å². The highest BCUT2D eigenvalue weighted by Gasteiger charge is 2.16. The minimum atomic E-state index is -1.25. The minimum Gasteiger partial charge on any atom is -0.476 e. The van der Waals surface area contributed by atoms with Crippen LogP contribution < -0.4 is 5.32 Å². The van der Waals surface area contributed by atoms with Gasteiger partial charge < -0.3 is 10.4 Å². The summed E-state index contributed by atoms with van der Waals surface area (Å²) >= 11 is 0.840. The molecule has 0 saturated heterocycles. The molecule has 6 nitrogen and oxygen atoms in total. The van der Waals surface area contributed by atoms with E-state index >= 15 is 0 Å². The van der Waals surface area contributed by atoms with Crippen molar-refractivity contribution in [3.63, 3.8) is 0 Å². The summed E-state index contributed by atoms with van der Waals surface area (Å²) in [5.41, 5.74) is -0.232. The second-order valence-electron chi connectivity index (χ2n) is 3.60. The molecule has 0 aliphatic rings. The topological polar surface area (TPSA) is 103 Å². The molecule has 2 N–H and O–H groups in total. The molecule has 1 heterocycles. The lowest BCUT2D eigenvalue weighted by Crippen LogP contribution is -2.13. The molecule has 8 heteroatoms. The normalized spacial score (nSPS) is 9.80. The number of carboxylic acid groups (broad SMARTS) is 1. The first kappa shape index (κ1) is 13.6. The van der Waals surface area contributed by atoms with Crippen molar-refractivity contribution in [2.24, 2.45) is 0 Å². The van der Waals surface area contributed by atoms with Crippen LogP contribution in [0.15, 0.2) is 23.6 Å². The fourth-order valence-corrected chi connectivity index (χ4v) is 2.02. The molecule has 0 unspecified atom stereocenters. The highest BCUT2D eigenvalue weighted by atomic mass is 32.1. The summed E-state index contributed by atoms with van der Waals surface area (Å²) in [7, 11) is 0. The van der Waals surface area contributed by atoms with Gasteiger partial charge >= 0.3 is 5.97 Å². The fraction of sp³-hybridized carbons (Fsp3) is 0. The summed E-state index contributed by atoms with van der Waals surface area (Å²) < 4.78 is 13.6. The molecule has 20 heavy (non-hydrogen) atoms. The molecule has 2 aromatic rings. The molecule has 0 aliphatic carbocycles. The molecule has 0 saturated carbocycles. The SMILES string of the molecule is N#Cc1ccc(NC(=O)c2nc(C(=O)O)cs2)c(F)c1. The molecule has 1 aromatic carbocycles. The van der Waals surface area contributed by atoms with Gasteiger partial charge in [0.25, 0.3) is 5.91 Å². The van der Waals surface area contributed by atoms with Gasteiger partial charge in [-0.05, 0) is 18.2 Å². The zero-order valence-electron chi connectivity index (χ0n) is 9.75. The average Bonchev–Trinajstić information content (AvgIpc) is 2.91. The second-order valence-corrected chi connectivity index (χ2v) is 4.46. The number of carbonyl (C=O) groups is 2. The van der Waals surface area contributed by atoms with Gasteiger partial charge in [-0.1, -0.05) is 0 Å². The lowest BCUT2D eigenvalue weighted by molar-refractivity contribution is 0.0691. The zero-order valence-corrected chi connectivity index (χ0v) is 10.6. The van der Waals surface area contributed by atoms with Crippen molar-refractivity contribution >= 4 is 28.9 Å². The first-order valence-electron chi connectivity index (χ1n) is 5.21. The van der Waals surface area contributed by atoms with Crippen molar-refractivity contribution in [2.75, 3.05) is 5.32 Å². The maximum absolute atomic E-state index is 13.6. The Morgan fingerprint density at radius 3 is 2.75 bits per heavy atom. The number of aromatic carboxylic acids is 1. The first-order valence-corrected chi connectivity index (χ1v) is 6.09. The quantitative estimate of drug-likeness (QED) is 0.901. The van der Waals surface area contributed by atoms with Gasteiger partial charge in [-0.2, -0.15) is 5.26 Å². The molecule has 0 radical (unpaired) electrons. The maximum atomic E-state index is 13.6. The summed E-state index contributed by atoms with van der Waals surface area (Å²) in [4.78, 5) is 26.0. The van der Waals surface area contributed by atoms with E-state index < -0.39 is 17.7 Å². The van der Waals surface area contributed by atoms with Crippen molar-refractivity contribution in [3.8, 4) is 6.07 Å². The monoisotopic (exact) mass is 291 g/mol. The highest BCUT2D eigenvalue weighted by molar-refractivity contribution is 7.12. The van der Waals surface area contributed by atoms with E-state index in [1.54, 1.807) is 6.07 Å². The van der Waals surface area contributed by atoms with Gasteiger partial charge in [0.15, 0.2) is 10.7 Å². The van der Waals surface area contributed by atoms with Crippen LogP contribution in [0, 0.1) is 17.1 Å². The Balaban J connectivity index is 2.19. The number of aromatic nitrogens is 1. The van der Waals surface area contributed by atoms with E-state index in [-0.39, 0.29) is 22.0 Å². The number of anilines is 1. The molecular formula is C12H6FN3O3S. The number of nitrogens with one attached hydrogen (secondary N) is 1. The predicted octanol–water partition coefficient (Wildman–Crippen LogP) is 2.10. The zero-order chi connectivity index (χ0) is 14.7. The molecule has 1 amide bonds. The van der Waals surface area contributed by atoms with Crippen molar-refractivity contribution in [3.05, 3.63) is 45.7 Å². The standard InChI is InChI=1S/C12H6FN3O3S/c13-7-3-6(4-14)1-2-8(7)15-10(17)11-16-9(5-20-11)12(18)19/h1-3,5H,(H,15,17)(H,18,19). The number of nitrogens with zero attached hydrogens (tertiary/aromatic N) is 2. The molecule has 100 valence electrons. The van der Waals surface area contributed by atoms with Gasteiger partial charge in [-0.3, -0.25) is 4.79 Å². The lowest BCUT2D eigenvalue weighted by Gasteiger charge is -2.04. The van der Waals surface area contributed by atoms with Crippen LogP contribution in [0.5, 0.6) is 0 Å². The number of rotatable bonds is 3. The molecule has 0 aliphatic heterocycles.